The van der Waals surface area contributed by atoms with E-state index in [0.29, 0.717) is 6.04 Å². The third kappa shape index (κ3) is 3.12. The monoisotopic (exact) mass is 370 g/mol. The first-order chi connectivity index (χ1) is 13.9. The third-order valence-electron chi connectivity index (χ3n) is 5.34. The summed E-state index contributed by atoms with van der Waals surface area (Å²) in [5.74, 6) is 0.884. The van der Waals surface area contributed by atoms with E-state index in [9.17, 15) is 0 Å². The highest BCUT2D eigenvalue weighted by molar-refractivity contribution is 5.34. The predicted octanol–water partition coefficient (Wildman–Crippen LogP) is 3.62. The first kappa shape index (κ1) is 16.9. The van der Waals surface area contributed by atoms with Crippen molar-refractivity contribution in [1.82, 2.24) is 29.6 Å². The molecule has 28 heavy (non-hydrogen) atoms. The van der Waals surface area contributed by atoms with E-state index in [2.05, 4.69) is 49.3 Å². The zero-order valence-electron chi connectivity index (χ0n) is 15.6. The van der Waals surface area contributed by atoms with Crippen LogP contribution in [0.4, 0.5) is 0 Å². The molecule has 0 aromatic carbocycles. The molecule has 0 fully saturated rings. The van der Waals surface area contributed by atoms with Crippen LogP contribution in [0.25, 0.3) is 11.5 Å². The molecule has 4 aromatic heterocycles. The molecule has 1 unspecified atom stereocenters. The first-order valence-corrected chi connectivity index (χ1v) is 9.68. The summed E-state index contributed by atoms with van der Waals surface area (Å²) >= 11 is 0. The van der Waals surface area contributed by atoms with Gasteiger partial charge in [-0.15, -0.1) is 0 Å². The molecular formula is C22H22N6. The number of pyridine rings is 2. The van der Waals surface area contributed by atoms with Gasteiger partial charge in [-0.3, -0.25) is 4.98 Å². The van der Waals surface area contributed by atoms with Gasteiger partial charge >= 0.3 is 0 Å². The molecule has 1 N–H and O–H groups in total. The molecule has 1 aliphatic rings. The maximum Gasteiger partial charge on any atom is 0.153 e. The van der Waals surface area contributed by atoms with Crippen LogP contribution in [0.1, 0.15) is 35.8 Å². The lowest BCUT2D eigenvalue weighted by Gasteiger charge is -2.24. The molecule has 6 heteroatoms. The quantitative estimate of drug-likeness (QED) is 0.583. The van der Waals surface area contributed by atoms with E-state index in [1.165, 1.54) is 17.0 Å². The fourth-order valence-corrected chi connectivity index (χ4v) is 3.98. The second-order valence-electron chi connectivity index (χ2n) is 7.05. The molecule has 0 amide bonds. The molecule has 1 aliphatic carbocycles. The Morgan fingerprint density at radius 3 is 2.89 bits per heavy atom. The average molecular weight is 370 g/mol. The topological polar surface area (TPSA) is 60.6 Å². The van der Waals surface area contributed by atoms with Crippen molar-refractivity contribution in [3.63, 3.8) is 0 Å². The highest BCUT2D eigenvalue weighted by Gasteiger charge is 2.25. The lowest BCUT2D eigenvalue weighted by atomic mass is 9.93. The lowest BCUT2D eigenvalue weighted by molar-refractivity contribution is 0.450. The number of aromatic nitrogens is 5. The molecule has 0 bridgehead atoms. The molecule has 0 spiro atoms. The lowest BCUT2D eigenvalue weighted by Crippen LogP contribution is -2.26. The largest absolute Gasteiger partial charge is 0.318 e. The van der Waals surface area contributed by atoms with Gasteiger partial charge in [0.25, 0.3) is 0 Å². The number of hydrogen-bond donors (Lipinski definition) is 1. The molecule has 0 saturated heterocycles. The van der Waals surface area contributed by atoms with Crippen LogP contribution >= 0.6 is 0 Å². The summed E-state index contributed by atoms with van der Waals surface area (Å²) in [7, 11) is 0. The van der Waals surface area contributed by atoms with Crippen molar-refractivity contribution >= 4 is 0 Å². The Hall–Kier alpha value is -3.25. The van der Waals surface area contributed by atoms with Gasteiger partial charge in [0.2, 0.25) is 0 Å². The van der Waals surface area contributed by atoms with Crippen LogP contribution < -0.4 is 5.32 Å². The summed E-state index contributed by atoms with van der Waals surface area (Å²) in [5, 5.41) is 8.37. The number of rotatable bonds is 5. The first-order valence-electron chi connectivity index (χ1n) is 9.68. The van der Waals surface area contributed by atoms with Crippen LogP contribution in [0.2, 0.25) is 0 Å². The van der Waals surface area contributed by atoms with Crippen molar-refractivity contribution in [3.05, 3.63) is 90.4 Å². The summed E-state index contributed by atoms with van der Waals surface area (Å²) in [5.41, 5.74) is 4.86. The average Bonchev–Trinajstić information content (AvgIpc) is 3.41. The van der Waals surface area contributed by atoms with Gasteiger partial charge in [0.1, 0.15) is 0 Å². The summed E-state index contributed by atoms with van der Waals surface area (Å²) in [6.07, 6.45) is 12.9. The maximum absolute atomic E-state index is 4.63. The summed E-state index contributed by atoms with van der Waals surface area (Å²) in [6.45, 7) is 0.792. The van der Waals surface area contributed by atoms with Gasteiger partial charge in [-0.05, 0) is 55.7 Å². The molecule has 5 rings (SSSR count). The van der Waals surface area contributed by atoms with Crippen LogP contribution in [0.3, 0.4) is 0 Å². The van der Waals surface area contributed by atoms with E-state index in [-0.39, 0.29) is 0 Å². The van der Waals surface area contributed by atoms with Crippen molar-refractivity contribution in [1.29, 1.82) is 0 Å². The second-order valence-corrected chi connectivity index (χ2v) is 7.05. The van der Waals surface area contributed by atoms with Crippen LogP contribution in [0, 0.1) is 0 Å². The summed E-state index contributed by atoms with van der Waals surface area (Å²) in [6, 6.07) is 14.5. The van der Waals surface area contributed by atoms with Gasteiger partial charge in [-0.2, -0.15) is 5.10 Å². The van der Waals surface area contributed by atoms with E-state index in [4.69, 9.17) is 0 Å². The fraction of sp³-hybridized carbons (Fsp3) is 0.227. The smallest absolute Gasteiger partial charge is 0.153 e. The molecule has 4 heterocycles. The SMILES string of the molecule is c1ccc(-n2ncc3c2CCCC3NCc2cccn2-c2cccnc2)nc1. The van der Waals surface area contributed by atoms with Crippen LogP contribution in [-0.4, -0.2) is 24.3 Å². The normalized spacial score (nSPS) is 16.1. The third-order valence-corrected chi connectivity index (χ3v) is 5.34. The predicted molar refractivity (Wildman–Crippen MR) is 107 cm³/mol. The molecule has 1 atom stereocenters. The number of fused-ring (bicyclic) bond motifs is 1. The minimum atomic E-state index is 0.304. The van der Waals surface area contributed by atoms with E-state index in [1.54, 1.807) is 6.20 Å². The molecule has 0 aliphatic heterocycles. The standard InChI is InChI=1S/C22H22N6/c1-2-12-24-22(10-1)28-21-9-3-8-20(19(21)16-26-28)25-15-18-7-5-13-27(18)17-6-4-11-23-14-17/h1-2,4-7,10-14,16,20,25H,3,8-9,15H2. The molecular weight excluding hydrogens is 348 g/mol. The van der Waals surface area contributed by atoms with E-state index < -0.39 is 0 Å². The van der Waals surface area contributed by atoms with Crippen molar-refractivity contribution in [2.24, 2.45) is 0 Å². The van der Waals surface area contributed by atoms with Crippen LogP contribution in [-0.2, 0) is 13.0 Å². The Bertz CT molecular complexity index is 1050. The molecule has 0 saturated carbocycles. The van der Waals surface area contributed by atoms with Crippen molar-refractivity contribution in [2.75, 3.05) is 0 Å². The Labute approximate surface area is 163 Å². The van der Waals surface area contributed by atoms with Gasteiger partial charge in [-0.25, -0.2) is 9.67 Å². The van der Waals surface area contributed by atoms with Gasteiger partial charge in [-0.1, -0.05) is 6.07 Å². The minimum Gasteiger partial charge on any atom is -0.318 e. The van der Waals surface area contributed by atoms with Gasteiger partial charge in [0, 0.05) is 42.4 Å². The van der Waals surface area contributed by atoms with Crippen LogP contribution in [0.15, 0.2) is 73.4 Å². The second kappa shape index (κ2) is 7.40. The maximum atomic E-state index is 4.63. The highest BCUT2D eigenvalue weighted by atomic mass is 15.3. The number of nitrogens with zero attached hydrogens (tertiary/aromatic N) is 5. The Morgan fingerprint density at radius 1 is 1.04 bits per heavy atom. The molecule has 4 aromatic rings. The van der Waals surface area contributed by atoms with Gasteiger partial charge in [0.15, 0.2) is 5.82 Å². The van der Waals surface area contributed by atoms with Crippen LogP contribution in [0.5, 0.6) is 0 Å². The Kier molecular flexibility index (Phi) is 4.47. The molecule has 0 radical (unpaired) electrons. The number of hydrogen-bond acceptors (Lipinski definition) is 4. The van der Waals surface area contributed by atoms with Crippen molar-refractivity contribution in [2.45, 2.75) is 31.8 Å². The van der Waals surface area contributed by atoms with E-state index >= 15 is 0 Å². The molecule has 6 nitrogen and oxygen atoms in total. The summed E-state index contributed by atoms with van der Waals surface area (Å²) in [4.78, 5) is 8.69. The fourth-order valence-electron chi connectivity index (χ4n) is 3.98. The van der Waals surface area contributed by atoms with E-state index in [1.807, 2.05) is 47.5 Å². The Morgan fingerprint density at radius 2 is 2.04 bits per heavy atom. The Balaban J connectivity index is 1.37. The summed E-state index contributed by atoms with van der Waals surface area (Å²) < 4.78 is 4.17. The van der Waals surface area contributed by atoms with Gasteiger partial charge < -0.3 is 9.88 Å². The zero-order valence-corrected chi connectivity index (χ0v) is 15.6. The van der Waals surface area contributed by atoms with Crippen molar-refractivity contribution in [3.8, 4) is 11.5 Å². The molecule has 140 valence electrons. The minimum absolute atomic E-state index is 0.304. The van der Waals surface area contributed by atoms with Gasteiger partial charge in [0.05, 0.1) is 23.8 Å². The highest BCUT2D eigenvalue weighted by Crippen LogP contribution is 2.31. The van der Waals surface area contributed by atoms with E-state index in [0.717, 1.165) is 37.3 Å². The number of nitrogens with one attached hydrogen (secondary N) is 1. The zero-order chi connectivity index (χ0) is 18.8. The van der Waals surface area contributed by atoms with Crippen molar-refractivity contribution < 1.29 is 0 Å².